The number of amides is 1. The van der Waals surface area contributed by atoms with Crippen molar-refractivity contribution in [3.63, 3.8) is 0 Å². The number of nitrogens with zero attached hydrogens (tertiary/aromatic N) is 1. The van der Waals surface area contributed by atoms with Gasteiger partial charge in [-0.2, -0.15) is 0 Å². The van der Waals surface area contributed by atoms with E-state index >= 15 is 0 Å². The third kappa shape index (κ3) is 7.03. The Morgan fingerprint density at radius 1 is 1.03 bits per heavy atom. The van der Waals surface area contributed by atoms with Gasteiger partial charge in [-0.3, -0.25) is 4.79 Å². The summed E-state index contributed by atoms with van der Waals surface area (Å²) in [6, 6.07) is 10.7. The monoisotopic (exact) mass is 422 g/mol. The Morgan fingerprint density at radius 2 is 1.72 bits per heavy atom. The van der Waals surface area contributed by atoms with Crippen LogP contribution in [0.1, 0.15) is 6.42 Å². The van der Waals surface area contributed by atoms with Gasteiger partial charge in [-0.25, -0.2) is 0 Å². The minimum absolute atomic E-state index is 0.109. The first-order valence-corrected chi connectivity index (χ1v) is 9.51. The molecule has 0 aliphatic rings. The van der Waals surface area contributed by atoms with Crippen LogP contribution in [0.2, 0.25) is 5.02 Å². The van der Waals surface area contributed by atoms with Gasteiger partial charge >= 0.3 is 0 Å². The van der Waals surface area contributed by atoms with E-state index in [2.05, 4.69) is 5.32 Å². The maximum atomic E-state index is 12.3. The average molecular weight is 423 g/mol. The van der Waals surface area contributed by atoms with Crippen LogP contribution in [0.3, 0.4) is 0 Å². The normalized spacial score (nSPS) is 10.6. The zero-order valence-electron chi connectivity index (χ0n) is 17.2. The van der Waals surface area contributed by atoms with Gasteiger partial charge < -0.3 is 29.2 Å². The van der Waals surface area contributed by atoms with Crippen LogP contribution in [-0.4, -0.2) is 58.9 Å². The molecule has 0 aliphatic heterocycles. The summed E-state index contributed by atoms with van der Waals surface area (Å²) in [7, 11) is 6.53. The summed E-state index contributed by atoms with van der Waals surface area (Å²) in [5, 5.41) is 3.50. The highest BCUT2D eigenvalue weighted by molar-refractivity contribution is 6.30. The molecule has 0 spiro atoms. The molecule has 0 unspecified atom stereocenters. The number of carbonyl (C=O) groups excluding carboxylic acids is 1. The molecular weight excluding hydrogens is 396 g/mol. The molecular formula is C21H27ClN2O5. The van der Waals surface area contributed by atoms with Gasteiger partial charge in [-0.1, -0.05) is 17.7 Å². The second kappa shape index (κ2) is 11.4. The zero-order valence-corrected chi connectivity index (χ0v) is 17.9. The van der Waals surface area contributed by atoms with Crippen molar-refractivity contribution < 1.29 is 23.7 Å². The number of halogens is 1. The molecule has 2 rings (SSSR count). The lowest BCUT2D eigenvalue weighted by atomic mass is 10.2. The van der Waals surface area contributed by atoms with E-state index in [4.69, 9.17) is 30.5 Å². The number of hydrogen-bond donors (Lipinski definition) is 1. The van der Waals surface area contributed by atoms with E-state index in [0.29, 0.717) is 54.1 Å². The van der Waals surface area contributed by atoms with Crippen LogP contribution in [0.15, 0.2) is 36.4 Å². The standard InChI is InChI=1S/C21H27ClN2O5/c1-24(10-11-29-17-7-5-6-15(22)12-17)9-8-20(25)23-16-13-18(26-2)21(28-4)19(14-16)27-3/h5-7,12-14H,8-11H2,1-4H3,(H,23,25). The van der Waals surface area contributed by atoms with Crippen molar-refractivity contribution in [2.45, 2.75) is 6.42 Å². The van der Waals surface area contributed by atoms with E-state index in [0.717, 1.165) is 5.75 Å². The average Bonchev–Trinajstić information content (AvgIpc) is 2.71. The summed E-state index contributed by atoms with van der Waals surface area (Å²) in [5.41, 5.74) is 0.580. The number of hydrogen-bond acceptors (Lipinski definition) is 6. The van der Waals surface area contributed by atoms with Gasteiger partial charge in [0, 0.05) is 42.4 Å². The van der Waals surface area contributed by atoms with Crippen LogP contribution < -0.4 is 24.3 Å². The van der Waals surface area contributed by atoms with E-state index in [1.165, 1.54) is 21.3 Å². The first-order chi connectivity index (χ1) is 14.0. The van der Waals surface area contributed by atoms with Crippen molar-refractivity contribution in [1.29, 1.82) is 0 Å². The predicted molar refractivity (Wildman–Crippen MR) is 114 cm³/mol. The highest BCUT2D eigenvalue weighted by Gasteiger charge is 2.14. The molecule has 1 amide bonds. The minimum atomic E-state index is -0.109. The topological polar surface area (TPSA) is 69.3 Å². The number of methoxy groups -OCH3 is 3. The molecule has 1 N–H and O–H groups in total. The lowest BCUT2D eigenvalue weighted by Gasteiger charge is -2.17. The SMILES string of the molecule is COc1cc(NC(=O)CCN(C)CCOc2cccc(Cl)c2)cc(OC)c1OC. The smallest absolute Gasteiger partial charge is 0.225 e. The molecule has 0 aromatic heterocycles. The molecule has 29 heavy (non-hydrogen) atoms. The summed E-state index contributed by atoms with van der Waals surface area (Å²) < 4.78 is 21.6. The molecule has 0 atom stereocenters. The lowest BCUT2D eigenvalue weighted by Crippen LogP contribution is -2.28. The fourth-order valence-electron chi connectivity index (χ4n) is 2.66. The number of likely N-dealkylation sites (N-methyl/N-ethyl adjacent to an activating group) is 1. The van der Waals surface area contributed by atoms with Crippen LogP contribution in [0, 0.1) is 0 Å². The Labute approximate surface area is 176 Å². The molecule has 0 saturated heterocycles. The Hall–Kier alpha value is -2.64. The molecule has 0 heterocycles. The highest BCUT2D eigenvalue weighted by Crippen LogP contribution is 2.39. The lowest BCUT2D eigenvalue weighted by molar-refractivity contribution is -0.116. The van der Waals surface area contributed by atoms with Crippen LogP contribution in [0.5, 0.6) is 23.0 Å². The summed E-state index contributed by atoms with van der Waals surface area (Å²) in [6.45, 7) is 1.78. The predicted octanol–water partition coefficient (Wildman–Crippen LogP) is 3.71. The molecule has 7 nitrogen and oxygen atoms in total. The number of benzene rings is 2. The molecule has 2 aromatic rings. The molecule has 0 fully saturated rings. The van der Waals surface area contributed by atoms with Crippen LogP contribution in [0.25, 0.3) is 0 Å². The Bertz CT molecular complexity index is 790. The van der Waals surface area contributed by atoms with Gasteiger partial charge in [-0.15, -0.1) is 0 Å². The van der Waals surface area contributed by atoms with Gasteiger partial charge in [0.15, 0.2) is 11.5 Å². The van der Waals surface area contributed by atoms with Gasteiger partial charge in [0.2, 0.25) is 11.7 Å². The Morgan fingerprint density at radius 3 is 2.31 bits per heavy atom. The van der Waals surface area contributed by atoms with E-state index in [-0.39, 0.29) is 5.91 Å². The second-order valence-corrected chi connectivity index (χ2v) is 6.76. The van der Waals surface area contributed by atoms with Crippen molar-refractivity contribution in [1.82, 2.24) is 4.90 Å². The van der Waals surface area contributed by atoms with Gasteiger partial charge in [0.1, 0.15) is 12.4 Å². The first-order valence-electron chi connectivity index (χ1n) is 9.13. The Balaban J connectivity index is 1.80. The molecule has 0 radical (unpaired) electrons. The third-order valence-corrected chi connectivity index (χ3v) is 4.44. The van der Waals surface area contributed by atoms with E-state index < -0.39 is 0 Å². The van der Waals surface area contributed by atoms with Crippen molar-refractivity contribution in [3.8, 4) is 23.0 Å². The van der Waals surface area contributed by atoms with Crippen molar-refractivity contribution >= 4 is 23.2 Å². The van der Waals surface area contributed by atoms with Gasteiger partial charge in [-0.05, 0) is 25.2 Å². The van der Waals surface area contributed by atoms with E-state index in [1.54, 1.807) is 24.3 Å². The third-order valence-electron chi connectivity index (χ3n) is 4.21. The van der Waals surface area contributed by atoms with Crippen LogP contribution in [0.4, 0.5) is 5.69 Å². The largest absolute Gasteiger partial charge is 0.493 e. The quantitative estimate of drug-likeness (QED) is 0.595. The van der Waals surface area contributed by atoms with Gasteiger partial charge in [0.25, 0.3) is 0 Å². The number of carbonyl (C=O) groups is 1. The van der Waals surface area contributed by atoms with Crippen molar-refractivity contribution in [2.75, 3.05) is 53.4 Å². The fourth-order valence-corrected chi connectivity index (χ4v) is 2.84. The van der Waals surface area contributed by atoms with Crippen LogP contribution in [-0.2, 0) is 4.79 Å². The maximum absolute atomic E-state index is 12.3. The Kier molecular flexibility index (Phi) is 8.89. The van der Waals surface area contributed by atoms with Crippen molar-refractivity contribution in [3.05, 3.63) is 41.4 Å². The molecule has 158 valence electrons. The molecule has 2 aromatic carbocycles. The minimum Gasteiger partial charge on any atom is -0.493 e. The summed E-state index contributed by atoms with van der Waals surface area (Å²) in [4.78, 5) is 14.3. The van der Waals surface area contributed by atoms with E-state index in [1.807, 2.05) is 24.1 Å². The van der Waals surface area contributed by atoms with Gasteiger partial charge in [0.05, 0.1) is 21.3 Å². The highest BCUT2D eigenvalue weighted by atomic mass is 35.5. The zero-order chi connectivity index (χ0) is 21.2. The summed E-state index contributed by atoms with van der Waals surface area (Å²) in [6.07, 6.45) is 0.338. The van der Waals surface area contributed by atoms with E-state index in [9.17, 15) is 4.79 Å². The van der Waals surface area contributed by atoms with Crippen LogP contribution >= 0.6 is 11.6 Å². The first kappa shape index (κ1) is 22.6. The fraction of sp³-hybridized carbons (Fsp3) is 0.381. The van der Waals surface area contributed by atoms with Crippen molar-refractivity contribution in [2.24, 2.45) is 0 Å². The maximum Gasteiger partial charge on any atom is 0.225 e. The number of nitrogens with one attached hydrogen (secondary N) is 1. The number of anilines is 1. The summed E-state index contributed by atoms with van der Waals surface area (Å²) >= 11 is 5.93. The number of rotatable bonds is 11. The second-order valence-electron chi connectivity index (χ2n) is 6.32. The number of ether oxygens (including phenoxy) is 4. The molecule has 8 heteroatoms. The molecule has 0 bridgehead atoms. The summed E-state index contributed by atoms with van der Waals surface area (Å²) in [5.74, 6) is 2.07. The molecule has 0 saturated carbocycles. The molecule has 0 aliphatic carbocycles.